The largest absolute Gasteiger partial charge is 0.317 e. The van der Waals surface area contributed by atoms with Crippen molar-refractivity contribution in [2.24, 2.45) is 0 Å². The van der Waals surface area contributed by atoms with E-state index in [1.54, 1.807) is 0 Å². The lowest BCUT2D eigenvalue weighted by molar-refractivity contribution is 0.451. The second-order valence-corrected chi connectivity index (χ2v) is 4.01. The van der Waals surface area contributed by atoms with Gasteiger partial charge in [-0.05, 0) is 25.9 Å². The van der Waals surface area contributed by atoms with E-state index in [9.17, 15) is 0 Å². The first-order valence-corrected chi connectivity index (χ1v) is 5.43. The first-order chi connectivity index (χ1) is 7.45. The molecule has 4 nitrogen and oxygen atoms in total. The summed E-state index contributed by atoms with van der Waals surface area (Å²) in [5.41, 5.74) is 2.28. The predicted molar refractivity (Wildman–Crippen MR) is 57.8 cm³/mol. The molecule has 0 bridgehead atoms. The van der Waals surface area contributed by atoms with Gasteiger partial charge in [-0.25, -0.2) is 4.98 Å². The number of hydrogen-bond acceptors (Lipinski definition) is 3. The lowest BCUT2D eigenvalue weighted by Crippen LogP contribution is -2.27. The summed E-state index contributed by atoms with van der Waals surface area (Å²) in [6, 6.07) is 0. The molecule has 3 rings (SSSR count). The van der Waals surface area contributed by atoms with Gasteiger partial charge in [-0.1, -0.05) is 0 Å². The molecule has 15 heavy (non-hydrogen) atoms. The van der Waals surface area contributed by atoms with Crippen molar-refractivity contribution >= 4 is 5.65 Å². The SMILES string of the molecule is c1cn2c(C3CCNCC3)cnc2cn1. The van der Waals surface area contributed by atoms with Crippen LogP contribution in [0.1, 0.15) is 24.5 Å². The fraction of sp³-hybridized carbons (Fsp3) is 0.455. The van der Waals surface area contributed by atoms with Gasteiger partial charge in [0.15, 0.2) is 5.65 Å². The molecule has 0 aromatic carbocycles. The first-order valence-electron chi connectivity index (χ1n) is 5.43. The van der Waals surface area contributed by atoms with Gasteiger partial charge in [-0.3, -0.25) is 4.98 Å². The average Bonchev–Trinajstić information content (AvgIpc) is 2.74. The van der Waals surface area contributed by atoms with E-state index < -0.39 is 0 Å². The first kappa shape index (κ1) is 8.85. The summed E-state index contributed by atoms with van der Waals surface area (Å²) in [5.74, 6) is 0.642. The third-order valence-electron chi connectivity index (χ3n) is 3.10. The molecule has 1 fully saturated rings. The molecule has 0 aliphatic carbocycles. The molecule has 0 saturated carbocycles. The molecule has 0 unspecified atom stereocenters. The Hall–Kier alpha value is -1.42. The molecule has 0 radical (unpaired) electrons. The molecule has 4 heteroatoms. The zero-order valence-electron chi connectivity index (χ0n) is 8.56. The van der Waals surface area contributed by atoms with Crippen molar-refractivity contribution in [1.29, 1.82) is 0 Å². The lowest BCUT2D eigenvalue weighted by Gasteiger charge is -2.22. The third kappa shape index (κ3) is 1.51. The molecule has 0 spiro atoms. The summed E-state index contributed by atoms with van der Waals surface area (Å²) in [7, 11) is 0. The van der Waals surface area contributed by atoms with E-state index in [4.69, 9.17) is 0 Å². The highest BCUT2D eigenvalue weighted by Crippen LogP contribution is 2.25. The molecule has 3 heterocycles. The van der Waals surface area contributed by atoms with Crippen LogP contribution in [0.25, 0.3) is 5.65 Å². The molecule has 0 atom stereocenters. The van der Waals surface area contributed by atoms with E-state index in [0.717, 1.165) is 18.7 Å². The summed E-state index contributed by atoms with van der Waals surface area (Å²) in [6.07, 6.45) is 10.0. The van der Waals surface area contributed by atoms with E-state index in [-0.39, 0.29) is 0 Å². The number of nitrogens with zero attached hydrogens (tertiary/aromatic N) is 3. The van der Waals surface area contributed by atoms with Crippen LogP contribution in [0.4, 0.5) is 0 Å². The summed E-state index contributed by atoms with van der Waals surface area (Å²) < 4.78 is 2.16. The van der Waals surface area contributed by atoms with Gasteiger partial charge in [0.1, 0.15) is 0 Å². The van der Waals surface area contributed by atoms with Gasteiger partial charge < -0.3 is 9.72 Å². The van der Waals surface area contributed by atoms with Gasteiger partial charge in [-0.2, -0.15) is 0 Å². The zero-order valence-corrected chi connectivity index (χ0v) is 8.56. The van der Waals surface area contributed by atoms with Crippen molar-refractivity contribution in [3.8, 4) is 0 Å². The van der Waals surface area contributed by atoms with Crippen LogP contribution >= 0.6 is 0 Å². The van der Waals surface area contributed by atoms with Gasteiger partial charge >= 0.3 is 0 Å². The van der Waals surface area contributed by atoms with Crippen molar-refractivity contribution in [1.82, 2.24) is 19.7 Å². The Labute approximate surface area is 88.4 Å². The van der Waals surface area contributed by atoms with Crippen LogP contribution in [0.3, 0.4) is 0 Å². The maximum atomic E-state index is 4.37. The Morgan fingerprint density at radius 1 is 1.27 bits per heavy atom. The third-order valence-corrected chi connectivity index (χ3v) is 3.10. The Kier molecular flexibility index (Phi) is 2.14. The highest BCUT2D eigenvalue weighted by atomic mass is 15.0. The molecule has 0 amide bonds. The molecule has 2 aromatic rings. The molecule has 1 N–H and O–H groups in total. The highest BCUT2D eigenvalue weighted by molar-refractivity contribution is 5.38. The molecular formula is C11H14N4. The smallest absolute Gasteiger partial charge is 0.155 e. The van der Waals surface area contributed by atoms with Crippen molar-refractivity contribution in [2.45, 2.75) is 18.8 Å². The van der Waals surface area contributed by atoms with Crippen LogP contribution in [0.2, 0.25) is 0 Å². The monoisotopic (exact) mass is 202 g/mol. The van der Waals surface area contributed by atoms with Crippen molar-refractivity contribution < 1.29 is 0 Å². The van der Waals surface area contributed by atoms with E-state index in [0.29, 0.717) is 5.92 Å². The summed E-state index contributed by atoms with van der Waals surface area (Å²) in [5, 5.41) is 3.38. The second kappa shape index (κ2) is 3.62. The maximum Gasteiger partial charge on any atom is 0.155 e. The van der Waals surface area contributed by atoms with E-state index in [2.05, 4.69) is 19.7 Å². The summed E-state index contributed by atoms with van der Waals surface area (Å²) in [4.78, 5) is 8.45. The van der Waals surface area contributed by atoms with E-state index >= 15 is 0 Å². The van der Waals surface area contributed by atoms with Crippen LogP contribution in [-0.4, -0.2) is 27.5 Å². The average molecular weight is 202 g/mol. The molecule has 1 saturated heterocycles. The second-order valence-electron chi connectivity index (χ2n) is 4.01. The van der Waals surface area contributed by atoms with Crippen molar-refractivity contribution in [3.63, 3.8) is 0 Å². The Morgan fingerprint density at radius 2 is 2.13 bits per heavy atom. The van der Waals surface area contributed by atoms with Gasteiger partial charge in [0.05, 0.1) is 6.20 Å². The molecular weight excluding hydrogens is 188 g/mol. The minimum absolute atomic E-state index is 0.642. The fourth-order valence-electron chi connectivity index (χ4n) is 2.28. The quantitative estimate of drug-likeness (QED) is 0.755. The van der Waals surface area contributed by atoms with Crippen LogP contribution in [0.5, 0.6) is 0 Å². The molecule has 1 aliphatic heterocycles. The molecule has 78 valence electrons. The number of fused-ring (bicyclic) bond motifs is 1. The van der Waals surface area contributed by atoms with Crippen LogP contribution < -0.4 is 5.32 Å². The number of rotatable bonds is 1. The van der Waals surface area contributed by atoms with E-state index in [1.807, 2.05) is 24.8 Å². The van der Waals surface area contributed by atoms with Crippen molar-refractivity contribution in [2.75, 3.05) is 13.1 Å². The van der Waals surface area contributed by atoms with Crippen LogP contribution in [0, 0.1) is 0 Å². The molecule has 2 aromatic heterocycles. The summed E-state index contributed by atoms with van der Waals surface area (Å²) in [6.45, 7) is 2.23. The lowest BCUT2D eigenvalue weighted by atomic mass is 9.95. The molecule has 1 aliphatic rings. The standard InChI is InChI=1S/C11H14N4/c1-3-12-4-2-9(1)10-7-14-11-8-13-5-6-15(10)11/h5-9,12H,1-4H2. The number of imidazole rings is 1. The van der Waals surface area contributed by atoms with Crippen LogP contribution in [0.15, 0.2) is 24.8 Å². The number of nitrogens with one attached hydrogen (secondary N) is 1. The number of piperidine rings is 1. The Morgan fingerprint density at radius 3 is 3.00 bits per heavy atom. The van der Waals surface area contributed by atoms with Gasteiger partial charge in [-0.15, -0.1) is 0 Å². The number of aromatic nitrogens is 3. The minimum atomic E-state index is 0.642. The van der Waals surface area contributed by atoms with Gasteiger partial charge in [0.25, 0.3) is 0 Å². The normalized spacial score (nSPS) is 18.4. The maximum absolute atomic E-state index is 4.37. The Bertz CT molecular complexity index is 456. The highest BCUT2D eigenvalue weighted by Gasteiger charge is 2.18. The Balaban J connectivity index is 2.02. The van der Waals surface area contributed by atoms with E-state index in [1.165, 1.54) is 18.5 Å². The fourth-order valence-corrected chi connectivity index (χ4v) is 2.28. The van der Waals surface area contributed by atoms with Gasteiger partial charge in [0.2, 0.25) is 0 Å². The van der Waals surface area contributed by atoms with Gasteiger partial charge in [0, 0.05) is 30.2 Å². The van der Waals surface area contributed by atoms with Crippen LogP contribution in [-0.2, 0) is 0 Å². The zero-order chi connectivity index (χ0) is 10.1. The summed E-state index contributed by atoms with van der Waals surface area (Å²) >= 11 is 0. The number of hydrogen-bond donors (Lipinski definition) is 1. The topological polar surface area (TPSA) is 42.2 Å². The predicted octanol–water partition coefficient (Wildman–Crippen LogP) is 1.20. The minimum Gasteiger partial charge on any atom is -0.317 e. The van der Waals surface area contributed by atoms with Crippen molar-refractivity contribution in [3.05, 3.63) is 30.5 Å².